The number of benzene rings is 3. The van der Waals surface area contributed by atoms with Crippen molar-refractivity contribution < 1.29 is 18.1 Å². The molecule has 0 aliphatic carbocycles. The number of nitrogens with one attached hydrogen (secondary N) is 1. The van der Waals surface area contributed by atoms with E-state index < -0.39 is 27.4 Å². The Morgan fingerprint density at radius 2 is 1.65 bits per heavy atom. The number of non-ortho nitro benzene ring substituents is 1. The van der Waals surface area contributed by atoms with Gasteiger partial charge in [-0.25, -0.2) is 8.42 Å². The predicted molar refractivity (Wildman–Crippen MR) is 119 cm³/mol. The summed E-state index contributed by atoms with van der Waals surface area (Å²) in [6.07, 6.45) is 0. The zero-order chi connectivity index (χ0) is 22.6. The molecule has 3 aromatic carbocycles. The van der Waals surface area contributed by atoms with Gasteiger partial charge in [0.2, 0.25) is 5.91 Å². The maximum Gasteiger partial charge on any atom is 0.271 e. The van der Waals surface area contributed by atoms with Gasteiger partial charge in [0.15, 0.2) is 0 Å². The molecule has 0 bridgehead atoms. The lowest BCUT2D eigenvalue weighted by Gasteiger charge is -2.24. The molecular formula is C20H15Cl2N3O5S. The maximum atomic E-state index is 13.3. The number of hydrogen-bond donors (Lipinski definition) is 1. The summed E-state index contributed by atoms with van der Waals surface area (Å²) in [5, 5.41) is 14.1. The highest BCUT2D eigenvalue weighted by molar-refractivity contribution is 7.92. The molecule has 0 aromatic heterocycles. The lowest BCUT2D eigenvalue weighted by atomic mass is 10.3. The normalized spacial score (nSPS) is 11.0. The summed E-state index contributed by atoms with van der Waals surface area (Å²) in [5.74, 6) is -0.696. The first-order chi connectivity index (χ1) is 14.7. The van der Waals surface area contributed by atoms with Gasteiger partial charge in [0.05, 0.1) is 15.5 Å². The zero-order valence-corrected chi connectivity index (χ0v) is 18.1. The van der Waals surface area contributed by atoms with Gasteiger partial charge < -0.3 is 5.32 Å². The van der Waals surface area contributed by atoms with E-state index in [1.807, 2.05) is 0 Å². The molecule has 8 nitrogen and oxygen atoms in total. The number of rotatable bonds is 7. The summed E-state index contributed by atoms with van der Waals surface area (Å²) in [7, 11) is -4.15. The van der Waals surface area contributed by atoms with Gasteiger partial charge in [-0.3, -0.25) is 19.2 Å². The number of nitro benzene ring substituents is 1. The highest BCUT2D eigenvalue weighted by Gasteiger charge is 2.27. The van der Waals surface area contributed by atoms with Crippen LogP contribution in [0.1, 0.15) is 0 Å². The van der Waals surface area contributed by atoms with E-state index in [-0.39, 0.29) is 27.0 Å². The van der Waals surface area contributed by atoms with Gasteiger partial charge in [-0.15, -0.1) is 0 Å². The van der Waals surface area contributed by atoms with Crippen LogP contribution in [-0.2, 0) is 14.8 Å². The van der Waals surface area contributed by atoms with Crippen molar-refractivity contribution in [2.45, 2.75) is 4.90 Å². The molecule has 0 aliphatic heterocycles. The van der Waals surface area contributed by atoms with Crippen molar-refractivity contribution in [3.63, 3.8) is 0 Å². The number of hydrogen-bond acceptors (Lipinski definition) is 5. The van der Waals surface area contributed by atoms with Crippen LogP contribution in [0.25, 0.3) is 0 Å². The van der Waals surface area contributed by atoms with E-state index in [9.17, 15) is 23.3 Å². The first-order valence-corrected chi connectivity index (χ1v) is 10.9. The van der Waals surface area contributed by atoms with Crippen LogP contribution >= 0.6 is 23.2 Å². The fourth-order valence-corrected chi connectivity index (χ4v) is 4.43. The molecule has 3 aromatic rings. The highest BCUT2D eigenvalue weighted by atomic mass is 35.5. The number of nitrogens with zero attached hydrogens (tertiary/aromatic N) is 2. The lowest BCUT2D eigenvalue weighted by Crippen LogP contribution is -2.38. The van der Waals surface area contributed by atoms with Crippen LogP contribution in [0.5, 0.6) is 0 Å². The van der Waals surface area contributed by atoms with Crippen molar-refractivity contribution in [2.24, 2.45) is 0 Å². The third-order valence-electron chi connectivity index (χ3n) is 4.13. The molecule has 0 saturated heterocycles. The quantitative estimate of drug-likeness (QED) is 0.388. The summed E-state index contributed by atoms with van der Waals surface area (Å²) in [5.41, 5.74) is 0.129. The summed E-state index contributed by atoms with van der Waals surface area (Å²) >= 11 is 11.9. The maximum absolute atomic E-state index is 13.3. The van der Waals surface area contributed by atoms with E-state index in [1.54, 1.807) is 12.1 Å². The summed E-state index contributed by atoms with van der Waals surface area (Å²) in [4.78, 5) is 22.9. The van der Waals surface area contributed by atoms with Crippen LogP contribution < -0.4 is 9.62 Å². The predicted octanol–water partition coefficient (Wildman–Crippen LogP) is 4.74. The number of anilines is 2. The van der Waals surface area contributed by atoms with Gasteiger partial charge in [-0.05, 0) is 48.5 Å². The molecule has 0 unspecified atom stereocenters. The smallest absolute Gasteiger partial charge is 0.271 e. The van der Waals surface area contributed by atoms with E-state index in [4.69, 9.17) is 23.2 Å². The number of carbonyl (C=O) groups is 1. The minimum atomic E-state index is -4.15. The van der Waals surface area contributed by atoms with Crippen molar-refractivity contribution in [1.82, 2.24) is 0 Å². The Balaban J connectivity index is 1.93. The van der Waals surface area contributed by atoms with E-state index >= 15 is 0 Å². The van der Waals surface area contributed by atoms with Gasteiger partial charge >= 0.3 is 0 Å². The van der Waals surface area contributed by atoms with Crippen molar-refractivity contribution >= 4 is 56.2 Å². The molecule has 11 heteroatoms. The largest absolute Gasteiger partial charge is 0.324 e. The van der Waals surface area contributed by atoms with Crippen LogP contribution in [0.4, 0.5) is 17.1 Å². The molecule has 0 spiro atoms. The third-order valence-corrected chi connectivity index (χ3v) is 6.40. The highest BCUT2D eigenvalue weighted by Crippen LogP contribution is 2.27. The third kappa shape index (κ3) is 5.52. The molecule has 0 atom stereocenters. The molecule has 160 valence electrons. The van der Waals surface area contributed by atoms with Crippen LogP contribution in [0.3, 0.4) is 0 Å². The van der Waals surface area contributed by atoms with Crippen LogP contribution in [0.2, 0.25) is 10.0 Å². The molecule has 1 N–H and O–H groups in total. The Labute approximate surface area is 188 Å². The van der Waals surface area contributed by atoms with E-state index in [0.717, 1.165) is 4.31 Å². The van der Waals surface area contributed by atoms with E-state index in [2.05, 4.69) is 5.32 Å². The Hall–Kier alpha value is -3.14. The van der Waals surface area contributed by atoms with Crippen molar-refractivity contribution in [3.05, 3.63) is 93.0 Å². The second-order valence-electron chi connectivity index (χ2n) is 6.30. The van der Waals surface area contributed by atoms with Crippen molar-refractivity contribution in [3.8, 4) is 0 Å². The lowest BCUT2D eigenvalue weighted by molar-refractivity contribution is -0.384. The van der Waals surface area contributed by atoms with Gasteiger partial charge in [-0.2, -0.15) is 0 Å². The Bertz CT molecular complexity index is 1230. The first kappa shape index (κ1) is 22.5. The fraction of sp³-hybridized carbons (Fsp3) is 0.0500. The number of amides is 1. The molecule has 0 radical (unpaired) electrons. The summed E-state index contributed by atoms with van der Waals surface area (Å²) in [6, 6.07) is 16.9. The van der Waals surface area contributed by atoms with Gasteiger partial charge in [0.25, 0.3) is 15.7 Å². The van der Waals surface area contributed by atoms with E-state index in [1.165, 1.54) is 60.7 Å². The zero-order valence-electron chi connectivity index (χ0n) is 15.7. The minimum Gasteiger partial charge on any atom is -0.324 e. The molecule has 0 aliphatic rings. The molecule has 0 heterocycles. The van der Waals surface area contributed by atoms with Crippen LogP contribution in [0.15, 0.2) is 77.7 Å². The molecular weight excluding hydrogens is 465 g/mol. The summed E-state index contributed by atoms with van der Waals surface area (Å²) < 4.78 is 27.4. The molecule has 0 fully saturated rings. The Kier molecular flexibility index (Phi) is 6.79. The standard InChI is InChI=1S/C20H15Cl2N3O5S/c21-14-7-9-19(10-8-14)31(29,30)24(17-5-1-3-15(22)11-17)13-20(26)23-16-4-2-6-18(12-16)25(27)28/h1-12H,13H2,(H,23,26). The second-order valence-corrected chi connectivity index (χ2v) is 9.04. The molecule has 0 saturated carbocycles. The van der Waals surface area contributed by atoms with Gasteiger partial charge in [-0.1, -0.05) is 35.3 Å². The number of sulfonamides is 1. The first-order valence-electron chi connectivity index (χ1n) is 8.75. The van der Waals surface area contributed by atoms with Gasteiger partial charge in [0, 0.05) is 27.9 Å². The second kappa shape index (κ2) is 9.34. The fourth-order valence-electron chi connectivity index (χ4n) is 2.71. The molecule has 31 heavy (non-hydrogen) atoms. The van der Waals surface area contributed by atoms with Crippen LogP contribution in [0, 0.1) is 10.1 Å². The average molecular weight is 480 g/mol. The number of nitro groups is 1. The van der Waals surface area contributed by atoms with Crippen molar-refractivity contribution in [2.75, 3.05) is 16.2 Å². The number of halogens is 2. The summed E-state index contributed by atoms with van der Waals surface area (Å²) in [6.45, 7) is -0.589. The Morgan fingerprint density at radius 1 is 0.968 bits per heavy atom. The number of carbonyl (C=O) groups excluding carboxylic acids is 1. The Morgan fingerprint density at radius 3 is 2.29 bits per heavy atom. The minimum absolute atomic E-state index is 0.0694. The molecule has 3 rings (SSSR count). The SMILES string of the molecule is O=C(CN(c1cccc(Cl)c1)S(=O)(=O)c1ccc(Cl)cc1)Nc1cccc([N+](=O)[O-])c1. The molecule has 1 amide bonds. The van der Waals surface area contributed by atoms with Crippen molar-refractivity contribution in [1.29, 1.82) is 0 Å². The van der Waals surface area contributed by atoms with Gasteiger partial charge in [0.1, 0.15) is 6.54 Å². The van der Waals surface area contributed by atoms with Crippen LogP contribution in [-0.4, -0.2) is 25.8 Å². The van der Waals surface area contributed by atoms with E-state index in [0.29, 0.717) is 5.02 Å². The topological polar surface area (TPSA) is 110 Å². The average Bonchev–Trinajstić information content (AvgIpc) is 2.72. The monoisotopic (exact) mass is 479 g/mol.